The van der Waals surface area contributed by atoms with Gasteiger partial charge in [-0.05, 0) is 31.6 Å². The van der Waals surface area contributed by atoms with Crippen molar-refractivity contribution in [3.05, 3.63) is 11.4 Å². The number of hydrogen-bond acceptors (Lipinski definition) is 4. The van der Waals surface area contributed by atoms with Crippen LogP contribution >= 0.6 is 0 Å². The van der Waals surface area contributed by atoms with Gasteiger partial charge >= 0.3 is 0 Å². The number of aryl methyl sites for hydroxylation is 1. The first-order chi connectivity index (χ1) is 9.89. The minimum Gasteiger partial charge on any atom is -0.308 e. The maximum atomic E-state index is 12.9. The predicted octanol–water partition coefficient (Wildman–Crippen LogP) is 1.25. The minimum atomic E-state index is -3.45. The second-order valence-electron chi connectivity index (χ2n) is 6.56. The summed E-state index contributed by atoms with van der Waals surface area (Å²) in [6.45, 7) is 7.72. The molecule has 7 heteroatoms. The summed E-state index contributed by atoms with van der Waals surface area (Å²) in [6, 6.07) is 0.532. The van der Waals surface area contributed by atoms with E-state index in [1.807, 2.05) is 0 Å². The molecule has 6 nitrogen and oxygen atoms in total. The molecule has 1 aliphatic heterocycles. The molecule has 0 bridgehead atoms. The highest BCUT2D eigenvalue weighted by molar-refractivity contribution is 7.89. The van der Waals surface area contributed by atoms with Gasteiger partial charge in [0.1, 0.15) is 4.90 Å². The van der Waals surface area contributed by atoms with Crippen LogP contribution in [-0.4, -0.2) is 42.1 Å². The Bertz CT molecular complexity index is 611. The standard InChI is InChI=1S/C14H24N4O2S/c1-9-7-18(8-10(9)2)21(19,20)14-11(3)16-17-13(14)6-15-12-4-5-12/h9-10,12,15H,4-8H2,1-3H3,(H,16,17). The van der Waals surface area contributed by atoms with Gasteiger partial charge in [-0.15, -0.1) is 0 Å². The lowest BCUT2D eigenvalue weighted by Gasteiger charge is -2.17. The molecular formula is C14H24N4O2S. The van der Waals surface area contributed by atoms with Crippen molar-refractivity contribution in [2.75, 3.05) is 13.1 Å². The summed E-state index contributed by atoms with van der Waals surface area (Å²) in [6.07, 6.45) is 2.35. The van der Waals surface area contributed by atoms with E-state index < -0.39 is 10.0 Å². The molecule has 2 fully saturated rings. The SMILES string of the molecule is Cc1[nH]nc(CNC2CC2)c1S(=O)(=O)N1CC(C)C(C)C1. The first-order valence-corrected chi connectivity index (χ1v) is 9.11. The van der Waals surface area contributed by atoms with Gasteiger partial charge < -0.3 is 5.32 Å². The summed E-state index contributed by atoms with van der Waals surface area (Å²) in [5.41, 5.74) is 1.25. The van der Waals surface area contributed by atoms with Gasteiger partial charge in [0, 0.05) is 25.7 Å². The maximum Gasteiger partial charge on any atom is 0.246 e. The van der Waals surface area contributed by atoms with Gasteiger partial charge in [-0.25, -0.2) is 8.42 Å². The molecule has 0 radical (unpaired) electrons. The monoisotopic (exact) mass is 312 g/mol. The molecule has 21 heavy (non-hydrogen) atoms. The van der Waals surface area contributed by atoms with Gasteiger partial charge in [0.2, 0.25) is 10.0 Å². The second kappa shape index (κ2) is 5.37. The number of H-pyrrole nitrogens is 1. The van der Waals surface area contributed by atoms with E-state index >= 15 is 0 Å². The van der Waals surface area contributed by atoms with Crippen molar-refractivity contribution in [1.29, 1.82) is 0 Å². The van der Waals surface area contributed by atoms with E-state index in [4.69, 9.17) is 0 Å². The van der Waals surface area contributed by atoms with Crippen LogP contribution in [0.1, 0.15) is 38.1 Å². The topological polar surface area (TPSA) is 78.1 Å². The zero-order valence-corrected chi connectivity index (χ0v) is 13.7. The van der Waals surface area contributed by atoms with Crippen LogP contribution in [0.2, 0.25) is 0 Å². The van der Waals surface area contributed by atoms with E-state index in [2.05, 4.69) is 29.4 Å². The second-order valence-corrected chi connectivity index (χ2v) is 8.43. The number of nitrogens with zero attached hydrogens (tertiary/aromatic N) is 2. The lowest BCUT2D eigenvalue weighted by molar-refractivity contribution is 0.461. The number of sulfonamides is 1. The van der Waals surface area contributed by atoms with E-state index in [1.54, 1.807) is 11.2 Å². The third-order valence-corrected chi connectivity index (χ3v) is 6.69. The summed E-state index contributed by atoms with van der Waals surface area (Å²) >= 11 is 0. The third-order valence-electron chi connectivity index (χ3n) is 4.65. The molecule has 1 saturated carbocycles. The molecule has 0 spiro atoms. The first kappa shape index (κ1) is 15.0. The largest absolute Gasteiger partial charge is 0.308 e. The summed E-state index contributed by atoms with van der Waals surface area (Å²) in [5, 5.41) is 10.4. The molecule has 2 aliphatic rings. The first-order valence-electron chi connectivity index (χ1n) is 7.67. The fourth-order valence-electron chi connectivity index (χ4n) is 2.86. The van der Waals surface area contributed by atoms with Crippen molar-refractivity contribution in [2.24, 2.45) is 11.8 Å². The van der Waals surface area contributed by atoms with Gasteiger partial charge in [0.05, 0.1) is 11.4 Å². The van der Waals surface area contributed by atoms with Gasteiger partial charge in [0.15, 0.2) is 0 Å². The molecule has 1 aliphatic carbocycles. The van der Waals surface area contributed by atoms with Crippen LogP contribution in [0, 0.1) is 18.8 Å². The number of aromatic nitrogens is 2. The highest BCUT2D eigenvalue weighted by Crippen LogP contribution is 2.30. The van der Waals surface area contributed by atoms with Gasteiger partial charge in [-0.1, -0.05) is 13.8 Å². The summed E-state index contributed by atoms with van der Waals surface area (Å²) in [5.74, 6) is 0.806. The number of nitrogens with one attached hydrogen (secondary N) is 2. The number of aromatic amines is 1. The van der Waals surface area contributed by atoms with E-state index in [0.29, 0.717) is 53.8 Å². The Morgan fingerprint density at radius 2 is 1.90 bits per heavy atom. The predicted molar refractivity (Wildman–Crippen MR) is 80.3 cm³/mol. The van der Waals surface area contributed by atoms with Crippen LogP contribution in [-0.2, 0) is 16.6 Å². The average Bonchev–Trinajstić information content (AvgIpc) is 3.08. The third kappa shape index (κ3) is 2.86. The van der Waals surface area contributed by atoms with Gasteiger partial charge in [0.25, 0.3) is 0 Å². The zero-order valence-electron chi connectivity index (χ0n) is 12.9. The van der Waals surface area contributed by atoms with Crippen molar-refractivity contribution < 1.29 is 8.42 Å². The number of rotatable bonds is 5. The zero-order chi connectivity index (χ0) is 15.2. The molecule has 0 amide bonds. The van der Waals surface area contributed by atoms with Crippen LogP contribution in [0.3, 0.4) is 0 Å². The van der Waals surface area contributed by atoms with Crippen molar-refractivity contribution in [3.63, 3.8) is 0 Å². The molecule has 2 N–H and O–H groups in total. The van der Waals surface area contributed by atoms with E-state index in [-0.39, 0.29) is 0 Å². The highest BCUT2D eigenvalue weighted by atomic mass is 32.2. The van der Waals surface area contributed by atoms with Gasteiger partial charge in [-0.2, -0.15) is 9.40 Å². The number of hydrogen-bond donors (Lipinski definition) is 2. The Kier molecular flexibility index (Phi) is 3.83. The molecule has 2 atom stereocenters. The normalized spacial score (nSPS) is 27.4. The molecule has 2 unspecified atom stereocenters. The lowest BCUT2D eigenvalue weighted by Crippen LogP contribution is -2.30. The van der Waals surface area contributed by atoms with Crippen molar-refractivity contribution in [2.45, 2.75) is 51.1 Å². The van der Waals surface area contributed by atoms with Crippen molar-refractivity contribution in [1.82, 2.24) is 19.8 Å². The Labute approximate surface area is 126 Å². The Morgan fingerprint density at radius 3 is 2.48 bits per heavy atom. The molecule has 1 saturated heterocycles. The van der Waals surface area contributed by atoms with E-state index in [9.17, 15) is 8.42 Å². The summed E-state index contributed by atoms with van der Waals surface area (Å²) < 4.78 is 27.5. The summed E-state index contributed by atoms with van der Waals surface area (Å²) in [7, 11) is -3.45. The van der Waals surface area contributed by atoms with Gasteiger partial charge in [-0.3, -0.25) is 5.10 Å². The van der Waals surface area contributed by atoms with Crippen LogP contribution in [0.25, 0.3) is 0 Å². The van der Waals surface area contributed by atoms with Crippen molar-refractivity contribution >= 4 is 10.0 Å². The minimum absolute atomic E-state index is 0.372. The lowest BCUT2D eigenvalue weighted by atomic mass is 10.0. The molecule has 1 aromatic rings. The molecule has 1 aromatic heterocycles. The Balaban J connectivity index is 1.85. The maximum absolute atomic E-state index is 12.9. The molecule has 0 aromatic carbocycles. The molecule has 2 heterocycles. The van der Waals surface area contributed by atoms with E-state index in [1.165, 1.54) is 12.8 Å². The summed E-state index contributed by atoms with van der Waals surface area (Å²) in [4.78, 5) is 0.372. The fourth-order valence-corrected chi connectivity index (χ4v) is 4.83. The highest BCUT2D eigenvalue weighted by Gasteiger charge is 2.38. The van der Waals surface area contributed by atoms with Crippen molar-refractivity contribution in [3.8, 4) is 0 Å². The molecule has 3 rings (SSSR count). The Morgan fingerprint density at radius 1 is 1.29 bits per heavy atom. The quantitative estimate of drug-likeness (QED) is 0.857. The van der Waals surface area contributed by atoms with E-state index in [0.717, 1.165) is 0 Å². The Hall–Kier alpha value is -0.920. The smallest absolute Gasteiger partial charge is 0.246 e. The average molecular weight is 312 g/mol. The van der Waals surface area contributed by atoms with Crippen LogP contribution < -0.4 is 5.32 Å². The fraction of sp³-hybridized carbons (Fsp3) is 0.786. The van der Waals surface area contributed by atoms with Crippen LogP contribution in [0.4, 0.5) is 0 Å². The van der Waals surface area contributed by atoms with Crippen LogP contribution in [0.5, 0.6) is 0 Å². The molecular weight excluding hydrogens is 288 g/mol. The molecule has 118 valence electrons. The van der Waals surface area contributed by atoms with Crippen LogP contribution in [0.15, 0.2) is 4.90 Å².